The molecule has 0 fully saturated rings. The minimum absolute atomic E-state index is 0.258. The Morgan fingerprint density at radius 3 is 2.74 bits per heavy atom. The van der Waals surface area contributed by atoms with E-state index < -0.39 is 0 Å². The van der Waals surface area contributed by atoms with Crippen LogP contribution in [0.15, 0.2) is 42.5 Å². The maximum absolute atomic E-state index is 13.2. The third kappa shape index (κ3) is 3.80. The number of aryl methyl sites for hydroxylation is 1. The zero-order valence-electron chi connectivity index (χ0n) is 11.0. The second-order valence-corrected chi connectivity index (χ2v) is 4.57. The van der Waals surface area contributed by atoms with Crippen LogP contribution < -0.4 is 10.5 Å². The first-order valence-electron chi connectivity index (χ1n) is 6.36. The topological polar surface area (TPSA) is 35.2 Å². The molecule has 0 saturated carbocycles. The summed E-state index contributed by atoms with van der Waals surface area (Å²) in [6, 6.07) is 12.7. The van der Waals surface area contributed by atoms with Crippen molar-refractivity contribution in [2.45, 2.75) is 20.0 Å². The number of rotatable bonds is 5. The van der Waals surface area contributed by atoms with Gasteiger partial charge in [0.2, 0.25) is 0 Å². The molecule has 2 aromatic rings. The molecule has 2 aromatic carbocycles. The molecule has 0 amide bonds. The van der Waals surface area contributed by atoms with E-state index in [-0.39, 0.29) is 5.82 Å². The van der Waals surface area contributed by atoms with Gasteiger partial charge in [-0.25, -0.2) is 4.39 Å². The summed E-state index contributed by atoms with van der Waals surface area (Å²) in [5.74, 6) is 0.444. The van der Waals surface area contributed by atoms with Gasteiger partial charge in [0.1, 0.15) is 18.2 Å². The molecule has 100 valence electrons. The van der Waals surface area contributed by atoms with E-state index in [4.69, 9.17) is 10.5 Å². The molecule has 0 radical (unpaired) electrons. The maximum Gasteiger partial charge on any atom is 0.123 e. The Hall–Kier alpha value is -1.87. The lowest BCUT2D eigenvalue weighted by Crippen LogP contribution is -2.06. The Balaban J connectivity index is 2.10. The monoisotopic (exact) mass is 259 g/mol. The highest BCUT2D eigenvalue weighted by Gasteiger charge is 2.05. The van der Waals surface area contributed by atoms with Crippen molar-refractivity contribution in [1.29, 1.82) is 0 Å². The molecular weight excluding hydrogens is 241 g/mol. The van der Waals surface area contributed by atoms with Gasteiger partial charge in [-0.2, -0.15) is 0 Å². The molecule has 2 nitrogen and oxygen atoms in total. The molecule has 0 atom stereocenters. The zero-order chi connectivity index (χ0) is 13.7. The van der Waals surface area contributed by atoms with E-state index in [2.05, 4.69) is 6.07 Å². The smallest absolute Gasteiger partial charge is 0.123 e. The lowest BCUT2D eigenvalue weighted by Gasteiger charge is -2.11. The second kappa shape index (κ2) is 6.34. The third-order valence-corrected chi connectivity index (χ3v) is 2.91. The lowest BCUT2D eigenvalue weighted by molar-refractivity contribution is 0.302. The molecular formula is C16H18FNO. The van der Waals surface area contributed by atoms with Crippen molar-refractivity contribution < 1.29 is 9.13 Å². The Bertz CT molecular complexity index is 554. The molecule has 3 heteroatoms. The van der Waals surface area contributed by atoms with Gasteiger partial charge < -0.3 is 10.5 Å². The molecule has 19 heavy (non-hydrogen) atoms. The number of halogens is 1. The van der Waals surface area contributed by atoms with Gasteiger partial charge in [0.25, 0.3) is 0 Å². The quantitative estimate of drug-likeness (QED) is 0.894. The van der Waals surface area contributed by atoms with Gasteiger partial charge in [0.15, 0.2) is 0 Å². The predicted octanol–water partition coefficient (Wildman–Crippen LogP) is 3.21. The number of nitrogens with two attached hydrogens (primary N) is 1. The van der Waals surface area contributed by atoms with Gasteiger partial charge in [-0.1, -0.05) is 29.8 Å². The van der Waals surface area contributed by atoms with Crippen LogP contribution in [0.3, 0.4) is 0 Å². The average Bonchev–Trinajstić information content (AvgIpc) is 2.38. The molecule has 0 aliphatic rings. The first kappa shape index (κ1) is 13.6. The van der Waals surface area contributed by atoms with Crippen molar-refractivity contribution in [2.75, 3.05) is 6.54 Å². The minimum Gasteiger partial charge on any atom is -0.489 e. The molecule has 0 aromatic heterocycles. The molecule has 2 rings (SSSR count). The number of hydrogen-bond acceptors (Lipinski definition) is 2. The summed E-state index contributed by atoms with van der Waals surface area (Å²) in [6.45, 7) is 3.00. The summed E-state index contributed by atoms with van der Waals surface area (Å²) in [5.41, 5.74) is 8.64. The number of hydrogen-bond donors (Lipinski definition) is 1. The van der Waals surface area contributed by atoms with Gasteiger partial charge in [0.05, 0.1) is 0 Å². The standard InChI is InChI=1S/C16H18FNO/c1-12-3-2-4-13(9-12)11-19-16-6-5-15(17)10-14(16)7-8-18/h2-6,9-10H,7-8,11,18H2,1H3. The average molecular weight is 259 g/mol. The van der Waals surface area contributed by atoms with Crippen LogP contribution in [-0.2, 0) is 13.0 Å². The van der Waals surface area contributed by atoms with Crippen molar-refractivity contribution in [2.24, 2.45) is 5.73 Å². The van der Waals surface area contributed by atoms with Crippen LogP contribution in [0.5, 0.6) is 5.75 Å². The van der Waals surface area contributed by atoms with E-state index >= 15 is 0 Å². The van der Waals surface area contributed by atoms with Crippen LogP contribution in [0, 0.1) is 12.7 Å². The minimum atomic E-state index is -0.258. The van der Waals surface area contributed by atoms with Crippen molar-refractivity contribution in [1.82, 2.24) is 0 Å². The van der Waals surface area contributed by atoms with Crippen LogP contribution in [0.4, 0.5) is 4.39 Å². The SMILES string of the molecule is Cc1cccc(COc2ccc(F)cc2CCN)c1. The fourth-order valence-electron chi connectivity index (χ4n) is 2.00. The molecule has 0 bridgehead atoms. The molecule has 0 aliphatic heterocycles. The molecule has 0 saturated heterocycles. The molecule has 0 aliphatic carbocycles. The van der Waals surface area contributed by atoms with Crippen molar-refractivity contribution >= 4 is 0 Å². The van der Waals surface area contributed by atoms with E-state index in [1.807, 2.05) is 25.1 Å². The van der Waals surface area contributed by atoms with E-state index in [0.717, 1.165) is 11.1 Å². The van der Waals surface area contributed by atoms with Crippen LogP contribution in [0.2, 0.25) is 0 Å². The van der Waals surface area contributed by atoms with Crippen molar-refractivity contribution in [3.8, 4) is 5.75 Å². The summed E-state index contributed by atoms with van der Waals surface area (Å²) < 4.78 is 19.0. The number of ether oxygens (including phenoxy) is 1. The Kier molecular flexibility index (Phi) is 4.53. The highest BCUT2D eigenvalue weighted by Crippen LogP contribution is 2.21. The van der Waals surface area contributed by atoms with Crippen LogP contribution in [-0.4, -0.2) is 6.54 Å². The van der Waals surface area contributed by atoms with Gasteiger partial charge in [-0.15, -0.1) is 0 Å². The largest absolute Gasteiger partial charge is 0.489 e. The van der Waals surface area contributed by atoms with E-state index in [0.29, 0.717) is 25.3 Å². The number of benzene rings is 2. The maximum atomic E-state index is 13.2. The lowest BCUT2D eigenvalue weighted by atomic mass is 10.1. The summed E-state index contributed by atoms with van der Waals surface area (Å²) in [4.78, 5) is 0. The van der Waals surface area contributed by atoms with Crippen LogP contribution >= 0.6 is 0 Å². The first-order chi connectivity index (χ1) is 9.19. The second-order valence-electron chi connectivity index (χ2n) is 4.57. The summed E-state index contributed by atoms with van der Waals surface area (Å²) in [7, 11) is 0. The molecule has 2 N–H and O–H groups in total. The van der Waals surface area contributed by atoms with E-state index in [1.165, 1.54) is 17.7 Å². The van der Waals surface area contributed by atoms with Gasteiger partial charge in [-0.3, -0.25) is 0 Å². The van der Waals surface area contributed by atoms with Crippen LogP contribution in [0.25, 0.3) is 0 Å². The summed E-state index contributed by atoms with van der Waals surface area (Å²) in [6.07, 6.45) is 0.612. The highest BCUT2D eigenvalue weighted by atomic mass is 19.1. The van der Waals surface area contributed by atoms with E-state index in [9.17, 15) is 4.39 Å². The first-order valence-corrected chi connectivity index (χ1v) is 6.36. The predicted molar refractivity (Wildman–Crippen MR) is 74.7 cm³/mol. The molecule has 0 heterocycles. The fourth-order valence-corrected chi connectivity index (χ4v) is 2.00. The van der Waals surface area contributed by atoms with Crippen molar-refractivity contribution in [3.63, 3.8) is 0 Å². The van der Waals surface area contributed by atoms with Gasteiger partial charge in [0, 0.05) is 0 Å². The Morgan fingerprint density at radius 2 is 2.00 bits per heavy atom. The highest BCUT2D eigenvalue weighted by molar-refractivity contribution is 5.34. The normalized spacial score (nSPS) is 10.5. The summed E-state index contributed by atoms with van der Waals surface area (Å²) in [5, 5.41) is 0. The van der Waals surface area contributed by atoms with E-state index in [1.54, 1.807) is 6.07 Å². The van der Waals surface area contributed by atoms with Gasteiger partial charge >= 0.3 is 0 Å². The van der Waals surface area contributed by atoms with Crippen molar-refractivity contribution in [3.05, 3.63) is 65.0 Å². The Morgan fingerprint density at radius 1 is 1.16 bits per heavy atom. The van der Waals surface area contributed by atoms with Gasteiger partial charge in [-0.05, 0) is 49.2 Å². The molecule has 0 spiro atoms. The Labute approximate surface area is 113 Å². The van der Waals surface area contributed by atoms with Crippen LogP contribution in [0.1, 0.15) is 16.7 Å². The molecule has 0 unspecified atom stereocenters. The summed E-state index contributed by atoms with van der Waals surface area (Å²) >= 11 is 0. The third-order valence-electron chi connectivity index (χ3n) is 2.91. The fraction of sp³-hybridized carbons (Fsp3) is 0.250. The zero-order valence-corrected chi connectivity index (χ0v) is 11.0.